The third-order valence-electron chi connectivity index (χ3n) is 5.34. The summed E-state index contributed by atoms with van der Waals surface area (Å²) in [5, 5.41) is 7.00. The number of hydrogen-bond donors (Lipinski definition) is 2. The Balaban J connectivity index is 1.24. The fourth-order valence-electron chi connectivity index (χ4n) is 3.52. The van der Waals surface area contributed by atoms with Gasteiger partial charge in [0, 0.05) is 12.1 Å². The first-order valence-electron chi connectivity index (χ1n) is 12.0. The molecule has 1 amide bonds. The molecule has 0 saturated heterocycles. The Morgan fingerprint density at radius 1 is 1.16 bits per heavy atom. The van der Waals surface area contributed by atoms with Crippen LogP contribution in [0.2, 0.25) is 0 Å². The van der Waals surface area contributed by atoms with Crippen LogP contribution in [0.3, 0.4) is 0 Å². The van der Waals surface area contributed by atoms with E-state index in [9.17, 15) is 14.4 Å². The van der Waals surface area contributed by atoms with Crippen LogP contribution in [0, 0.1) is 0 Å². The zero-order chi connectivity index (χ0) is 27.3. The third kappa shape index (κ3) is 7.19. The molecule has 4 aromatic rings. The van der Waals surface area contributed by atoms with E-state index in [0.717, 1.165) is 21.5 Å². The maximum atomic E-state index is 11.7. The number of carbonyl (C=O) groups is 2. The highest BCUT2D eigenvalue weighted by Gasteiger charge is 2.17. The van der Waals surface area contributed by atoms with Crippen LogP contribution < -0.4 is 14.9 Å². The lowest BCUT2D eigenvalue weighted by Crippen LogP contribution is -2.36. The van der Waals surface area contributed by atoms with Gasteiger partial charge in [0.25, 0.3) is 0 Å². The molecule has 0 saturated carbocycles. The molecule has 3 aromatic heterocycles. The fraction of sp³-hybridized carbons (Fsp3) is 0.346. The SMILES string of the molecule is C[C@@H](c1ccc2[nH]c(=O)sc2c1)c1ccn(-c2ccc(OCCOC(=O)CNC(=O)OC(C)(C)C)cn2)n1. The Bertz CT molecular complexity index is 1470. The third-order valence-corrected chi connectivity index (χ3v) is 6.19. The molecule has 0 unspecified atom stereocenters. The number of amides is 1. The summed E-state index contributed by atoms with van der Waals surface area (Å²) >= 11 is 1.19. The molecule has 12 heteroatoms. The minimum Gasteiger partial charge on any atom is -0.488 e. The first-order chi connectivity index (χ1) is 18.1. The standard InChI is InChI=1S/C26H29N5O6S/c1-16(17-5-7-20-21(13-17)38-25(34)29-20)19-9-10-31(30-19)22-8-6-18(14-27-22)35-11-12-36-23(32)15-28-24(33)37-26(2,3)4/h5-10,13-14,16H,11-12,15H2,1-4H3,(H,28,33)(H,29,34)/t16-/m0/s1. The van der Waals surface area contributed by atoms with E-state index in [1.807, 2.05) is 30.5 Å². The van der Waals surface area contributed by atoms with Crippen LogP contribution in [0.1, 0.15) is 44.9 Å². The Hall–Kier alpha value is -4.19. The average molecular weight is 540 g/mol. The normalized spacial score (nSPS) is 12.2. The fourth-order valence-corrected chi connectivity index (χ4v) is 4.30. The molecule has 4 rings (SSSR count). The van der Waals surface area contributed by atoms with Crippen LogP contribution in [0.15, 0.2) is 53.6 Å². The molecule has 0 aliphatic rings. The maximum absolute atomic E-state index is 11.7. The second-order valence-electron chi connectivity index (χ2n) is 9.45. The first-order valence-corrected chi connectivity index (χ1v) is 12.8. The van der Waals surface area contributed by atoms with Crippen molar-refractivity contribution in [1.29, 1.82) is 0 Å². The van der Waals surface area contributed by atoms with E-state index < -0.39 is 17.7 Å². The van der Waals surface area contributed by atoms with Crippen molar-refractivity contribution in [3.8, 4) is 11.6 Å². The molecule has 0 spiro atoms. The summed E-state index contributed by atoms with van der Waals surface area (Å²) < 4.78 is 18.3. The van der Waals surface area contributed by atoms with E-state index >= 15 is 0 Å². The minimum absolute atomic E-state index is 0.0163. The van der Waals surface area contributed by atoms with Crippen LogP contribution in [-0.2, 0) is 14.3 Å². The van der Waals surface area contributed by atoms with Gasteiger partial charge in [-0.2, -0.15) is 5.10 Å². The second kappa shape index (κ2) is 11.5. The highest BCUT2D eigenvalue weighted by Crippen LogP contribution is 2.27. The number of aromatic nitrogens is 4. The number of thiazole rings is 1. The van der Waals surface area contributed by atoms with Crippen LogP contribution >= 0.6 is 11.3 Å². The molecular weight excluding hydrogens is 510 g/mol. The summed E-state index contributed by atoms with van der Waals surface area (Å²) in [5.41, 5.74) is 2.13. The molecule has 0 bridgehead atoms. The van der Waals surface area contributed by atoms with E-state index in [2.05, 4.69) is 27.3 Å². The van der Waals surface area contributed by atoms with Gasteiger partial charge in [-0.25, -0.2) is 14.5 Å². The lowest BCUT2D eigenvalue weighted by Gasteiger charge is -2.19. The van der Waals surface area contributed by atoms with Crippen molar-refractivity contribution >= 4 is 33.6 Å². The van der Waals surface area contributed by atoms with Gasteiger partial charge in [-0.05, 0) is 56.7 Å². The number of pyridine rings is 1. The molecule has 0 aliphatic heterocycles. The highest BCUT2D eigenvalue weighted by atomic mass is 32.1. The van der Waals surface area contributed by atoms with Crippen LogP contribution in [0.25, 0.3) is 16.0 Å². The molecule has 38 heavy (non-hydrogen) atoms. The summed E-state index contributed by atoms with van der Waals surface area (Å²) in [6.07, 6.45) is 2.72. The monoisotopic (exact) mass is 539 g/mol. The summed E-state index contributed by atoms with van der Waals surface area (Å²) in [6, 6.07) is 11.4. The minimum atomic E-state index is -0.687. The number of esters is 1. The van der Waals surface area contributed by atoms with E-state index in [0.29, 0.717) is 11.6 Å². The lowest BCUT2D eigenvalue weighted by molar-refractivity contribution is -0.143. The van der Waals surface area contributed by atoms with Crippen LogP contribution in [0.4, 0.5) is 4.79 Å². The molecule has 2 N–H and O–H groups in total. The quantitative estimate of drug-likeness (QED) is 0.242. The summed E-state index contributed by atoms with van der Waals surface area (Å²) in [7, 11) is 0. The number of nitrogens with zero attached hydrogens (tertiary/aromatic N) is 3. The van der Waals surface area contributed by atoms with Crippen molar-refractivity contribution in [2.24, 2.45) is 0 Å². The summed E-state index contributed by atoms with van der Waals surface area (Å²) in [6.45, 7) is 7.11. The highest BCUT2D eigenvalue weighted by molar-refractivity contribution is 7.16. The predicted molar refractivity (Wildman–Crippen MR) is 142 cm³/mol. The van der Waals surface area contributed by atoms with Gasteiger partial charge in [0.05, 0.1) is 22.1 Å². The van der Waals surface area contributed by atoms with Crippen molar-refractivity contribution in [2.45, 2.75) is 39.2 Å². The largest absolute Gasteiger partial charge is 0.488 e. The number of alkyl carbamates (subject to hydrolysis) is 1. The molecule has 1 aromatic carbocycles. The van der Waals surface area contributed by atoms with Gasteiger partial charge in [0.15, 0.2) is 5.82 Å². The molecular formula is C26H29N5O6S. The van der Waals surface area contributed by atoms with Crippen molar-refractivity contribution in [3.63, 3.8) is 0 Å². The molecule has 0 fully saturated rings. The van der Waals surface area contributed by atoms with Gasteiger partial charge in [-0.1, -0.05) is 24.3 Å². The molecule has 0 radical (unpaired) electrons. The van der Waals surface area contributed by atoms with Crippen LogP contribution in [0.5, 0.6) is 5.75 Å². The number of H-pyrrole nitrogens is 1. The summed E-state index contributed by atoms with van der Waals surface area (Å²) in [5.74, 6) is 0.564. The van der Waals surface area contributed by atoms with Gasteiger partial charge in [-0.15, -0.1) is 0 Å². The number of aromatic amines is 1. The Morgan fingerprint density at radius 2 is 1.97 bits per heavy atom. The number of fused-ring (bicyclic) bond motifs is 1. The van der Waals surface area contributed by atoms with Gasteiger partial charge in [-0.3, -0.25) is 9.59 Å². The van der Waals surface area contributed by atoms with Gasteiger partial charge in [0.1, 0.15) is 31.1 Å². The van der Waals surface area contributed by atoms with Crippen molar-refractivity contribution in [2.75, 3.05) is 19.8 Å². The zero-order valence-electron chi connectivity index (χ0n) is 21.5. The molecule has 200 valence electrons. The molecule has 0 aliphatic carbocycles. The van der Waals surface area contributed by atoms with Gasteiger partial charge in [0.2, 0.25) is 0 Å². The Kier molecular flexibility index (Phi) is 8.10. The molecule has 3 heterocycles. The number of hydrogen-bond acceptors (Lipinski definition) is 9. The van der Waals surface area contributed by atoms with Crippen molar-refractivity contribution < 1.29 is 23.8 Å². The number of nitrogens with one attached hydrogen (secondary N) is 2. The Labute approximate surface area is 222 Å². The van der Waals surface area contributed by atoms with Gasteiger partial charge < -0.3 is 24.5 Å². The van der Waals surface area contributed by atoms with E-state index in [1.54, 1.807) is 43.8 Å². The number of carbonyl (C=O) groups excluding carboxylic acids is 2. The molecule has 1 atom stereocenters. The first kappa shape index (κ1) is 26.9. The second-order valence-corrected chi connectivity index (χ2v) is 10.5. The van der Waals surface area contributed by atoms with E-state index in [4.69, 9.17) is 14.2 Å². The summed E-state index contributed by atoms with van der Waals surface area (Å²) in [4.78, 5) is 42.0. The van der Waals surface area contributed by atoms with Crippen molar-refractivity contribution in [1.82, 2.24) is 25.1 Å². The number of ether oxygens (including phenoxy) is 3. The predicted octanol–water partition coefficient (Wildman–Crippen LogP) is 3.77. The average Bonchev–Trinajstić information content (AvgIpc) is 3.50. The smallest absolute Gasteiger partial charge is 0.408 e. The van der Waals surface area contributed by atoms with Crippen LogP contribution in [-0.4, -0.2) is 57.2 Å². The van der Waals surface area contributed by atoms with E-state index in [1.165, 1.54) is 11.3 Å². The maximum Gasteiger partial charge on any atom is 0.408 e. The number of benzene rings is 1. The van der Waals surface area contributed by atoms with Crippen molar-refractivity contribution in [3.05, 3.63) is 69.7 Å². The van der Waals surface area contributed by atoms with E-state index in [-0.39, 0.29) is 30.5 Å². The van der Waals surface area contributed by atoms with Gasteiger partial charge >= 0.3 is 16.9 Å². The topological polar surface area (TPSA) is 137 Å². The Morgan fingerprint density at radius 3 is 2.71 bits per heavy atom. The zero-order valence-corrected chi connectivity index (χ0v) is 22.3. The molecule has 11 nitrogen and oxygen atoms in total. The lowest BCUT2D eigenvalue weighted by atomic mass is 9.98. The number of rotatable bonds is 9.